The molecular weight excluding hydrogens is 497 g/mol. The van der Waals surface area contributed by atoms with E-state index < -0.39 is 5.97 Å². The summed E-state index contributed by atoms with van der Waals surface area (Å²) in [6, 6.07) is 15.5. The van der Waals surface area contributed by atoms with Gasteiger partial charge in [0.15, 0.2) is 12.4 Å². The fraction of sp³-hybridized carbons (Fsp3) is 0.250. The molecule has 36 heavy (non-hydrogen) atoms. The largest absolute Gasteiger partial charge is 0.454 e. The van der Waals surface area contributed by atoms with Crippen LogP contribution in [0, 0.1) is 6.92 Å². The van der Waals surface area contributed by atoms with Crippen LogP contribution in [0.4, 0.5) is 5.69 Å². The molecule has 0 atom stereocenters. The Morgan fingerprint density at radius 2 is 1.78 bits per heavy atom. The average Bonchev–Trinajstić information content (AvgIpc) is 3.22. The predicted molar refractivity (Wildman–Crippen MR) is 143 cm³/mol. The number of halogens is 2. The number of carbonyl (C=O) groups is 2. The van der Waals surface area contributed by atoms with Crippen LogP contribution in [0.3, 0.4) is 0 Å². The standard InChI is InChI=1S/C28H27Cl2N3O3/c1-18-21(27(30)33(31-18)16-19-9-5-7-11-23(19)29)13-14-26(35)36-17-20(34)15-25-28(2,3)22-10-6-8-12-24(22)32(25)4/h5-15H,16-17H2,1-4H3/b14-13+,25-15+. The molecule has 0 spiro atoms. The predicted octanol–water partition coefficient (Wildman–Crippen LogP) is 5.98. The molecule has 2 aromatic carbocycles. The van der Waals surface area contributed by atoms with Crippen LogP contribution < -0.4 is 4.90 Å². The minimum Gasteiger partial charge on any atom is -0.454 e. The van der Waals surface area contributed by atoms with E-state index in [-0.39, 0.29) is 17.8 Å². The Labute approximate surface area is 220 Å². The second-order valence-electron chi connectivity index (χ2n) is 9.18. The molecule has 0 N–H and O–H groups in total. The van der Waals surface area contributed by atoms with Crippen molar-refractivity contribution in [2.45, 2.75) is 32.7 Å². The number of benzene rings is 2. The summed E-state index contributed by atoms with van der Waals surface area (Å²) in [6.45, 7) is 5.98. The lowest BCUT2D eigenvalue weighted by molar-refractivity contribution is -0.141. The van der Waals surface area contributed by atoms with Crippen molar-refractivity contribution in [3.63, 3.8) is 0 Å². The number of anilines is 1. The number of esters is 1. The molecule has 8 heteroatoms. The Hall–Kier alpha value is -3.35. The first-order valence-corrected chi connectivity index (χ1v) is 12.2. The molecule has 1 aliphatic rings. The lowest BCUT2D eigenvalue weighted by Gasteiger charge is -2.23. The number of aromatic nitrogens is 2. The molecule has 3 aromatic rings. The maximum absolute atomic E-state index is 12.6. The van der Waals surface area contributed by atoms with Gasteiger partial charge in [0.05, 0.1) is 12.2 Å². The summed E-state index contributed by atoms with van der Waals surface area (Å²) in [5.41, 5.74) is 4.87. The summed E-state index contributed by atoms with van der Waals surface area (Å²) >= 11 is 12.7. The van der Waals surface area contributed by atoms with Crippen LogP contribution >= 0.6 is 23.2 Å². The molecule has 0 fully saturated rings. The van der Waals surface area contributed by atoms with Gasteiger partial charge < -0.3 is 9.64 Å². The first kappa shape index (κ1) is 25.7. The van der Waals surface area contributed by atoms with Crippen LogP contribution in [-0.2, 0) is 26.3 Å². The summed E-state index contributed by atoms with van der Waals surface area (Å²) in [6.07, 6.45) is 4.35. The lowest BCUT2D eigenvalue weighted by Crippen LogP contribution is -2.25. The van der Waals surface area contributed by atoms with Crippen LogP contribution in [0.15, 0.2) is 66.4 Å². The molecule has 4 rings (SSSR count). The van der Waals surface area contributed by atoms with Crippen molar-refractivity contribution in [1.82, 2.24) is 9.78 Å². The van der Waals surface area contributed by atoms with Crippen LogP contribution in [0.2, 0.25) is 10.2 Å². The van der Waals surface area contributed by atoms with Crippen LogP contribution in [0.1, 0.15) is 36.2 Å². The van der Waals surface area contributed by atoms with Crippen molar-refractivity contribution in [2.24, 2.45) is 0 Å². The molecule has 1 aromatic heterocycles. The number of hydrogen-bond acceptors (Lipinski definition) is 5. The topological polar surface area (TPSA) is 64.4 Å². The minimum absolute atomic E-state index is 0.291. The first-order chi connectivity index (χ1) is 17.1. The number of hydrogen-bond donors (Lipinski definition) is 0. The van der Waals surface area contributed by atoms with Gasteiger partial charge in [0.25, 0.3) is 0 Å². The van der Waals surface area contributed by atoms with Gasteiger partial charge in [-0.25, -0.2) is 9.48 Å². The van der Waals surface area contributed by atoms with Gasteiger partial charge in [-0.1, -0.05) is 73.4 Å². The highest BCUT2D eigenvalue weighted by Gasteiger charge is 2.38. The lowest BCUT2D eigenvalue weighted by atomic mass is 9.83. The second kappa shape index (κ2) is 10.3. The number of allylic oxidation sites excluding steroid dienone is 1. The Kier molecular flexibility index (Phi) is 7.38. The van der Waals surface area contributed by atoms with E-state index in [0.29, 0.717) is 28.0 Å². The van der Waals surface area contributed by atoms with E-state index in [0.717, 1.165) is 22.5 Å². The molecule has 0 saturated carbocycles. The molecule has 0 bridgehead atoms. The number of para-hydroxylation sites is 1. The van der Waals surface area contributed by atoms with Crippen molar-refractivity contribution in [1.29, 1.82) is 0 Å². The molecule has 0 saturated heterocycles. The molecule has 0 unspecified atom stereocenters. The Balaban J connectivity index is 1.39. The van der Waals surface area contributed by atoms with E-state index in [1.807, 2.05) is 48.3 Å². The van der Waals surface area contributed by atoms with E-state index in [1.54, 1.807) is 29.8 Å². The summed E-state index contributed by atoms with van der Waals surface area (Å²) in [5.74, 6) is -0.931. The zero-order chi connectivity index (χ0) is 26.0. The van der Waals surface area contributed by atoms with Crippen LogP contribution in [-0.4, -0.2) is 35.2 Å². The number of rotatable bonds is 7. The van der Waals surface area contributed by atoms with E-state index >= 15 is 0 Å². The smallest absolute Gasteiger partial charge is 0.331 e. The normalized spacial score (nSPS) is 15.5. The first-order valence-electron chi connectivity index (χ1n) is 11.5. The number of carbonyl (C=O) groups excluding carboxylic acids is 2. The summed E-state index contributed by atoms with van der Waals surface area (Å²) in [5, 5.41) is 5.45. The fourth-order valence-electron chi connectivity index (χ4n) is 4.44. The second-order valence-corrected chi connectivity index (χ2v) is 9.94. The van der Waals surface area contributed by atoms with Gasteiger partial charge in [-0.2, -0.15) is 5.10 Å². The Bertz CT molecular complexity index is 1390. The highest BCUT2D eigenvalue weighted by atomic mass is 35.5. The highest BCUT2D eigenvalue weighted by Crippen LogP contribution is 2.46. The third-order valence-electron chi connectivity index (χ3n) is 6.37. The van der Waals surface area contributed by atoms with Gasteiger partial charge in [-0.15, -0.1) is 0 Å². The quantitative estimate of drug-likeness (QED) is 0.281. The molecule has 186 valence electrons. The zero-order valence-electron chi connectivity index (χ0n) is 20.6. The van der Waals surface area contributed by atoms with Gasteiger partial charge in [0.2, 0.25) is 0 Å². The van der Waals surface area contributed by atoms with E-state index in [1.165, 1.54) is 6.08 Å². The number of ether oxygens (including phenoxy) is 1. The van der Waals surface area contributed by atoms with Crippen LogP contribution in [0.5, 0.6) is 0 Å². The van der Waals surface area contributed by atoms with E-state index in [4.69, 9.17) is 27.9 Å². The highest BCUT2D eigenvalue weighted by molar-refractivity contribution is 6.32. The Morgan fingerprint density at radius 3 is 2.50 bits per heavy atom. The molecule has 6 nitrogen and oxygen atoms in total. The van der Waals surface area contributed by atoms with Crippen molar-refractivity contribution >= 4 is 46.7 Å². The third-order valence-corrected chi connectivity index (χ3v) is 7.14. The van der Waals surface area contributed by atoms with Gasteiger partial charge in [-0.3, -0.25) is 4.79 Å². The van der Waals surface area contributed by atoms with Crippen LogP contribution in [0.25, 0.3) is 6.08 Å². The summed E-state index contributed by atoms with van der Waals surface area (Å²) in [4.78, 5) is 26.9. The molecule has 0 radical (unpaired) electrons. The summed E-state index contributed by atoms with van der Waals surface area (Å²) < 4.78 is 6.81. The number of ketones is 1. The van der Waals surface area contributed by atoms with E-state index in [9.17, 15) is 9.59 Å². The molecule has 0 amide bonds. The van der Waals surface area contributed by atoms with Crippen molar-refractivity contribution in [3.05, 3.63) is 98.9 Å². The fourth-order valence-corrected chi connectivity index (χ4v) is 4.94. The van der Waals surface area contributed by atoms with Gasteiger partial charge in [0.1, 0.15) is 5.15 Å². The monoisotopic (exact) mass is 523 g/mol. The number of aryl methyl sites for hydroxylation is 1. The Morgan fingerprint density at radius 1 is 1.08 bits per heavy atom. The molecule has 0 aliphatic carbocycles. The van der Waals surface area contributed by atoms with Gasteiger partial charge in [-0.05, 0) is 36.3 Å². The molecular formula is C28H27Cl2N3O3. The maximum atomic E-state index is 12.6. The number of likely N-dealkylation sites (N-methyl/N-ethyl adjacent to an activating group) is 1. The number of nitrogens with zero attached hydrogens (tertiary/aromatic N) is 3. The molecule has 1 aliphatic heterocycles. The van der Waals surface area contributed by atoms with Crippen molar-refractivity contribution in [3.8, 4) is 0 Å². The van der Waals surface area contributed by atoms with Crippen molar-refractivity contribution in [2.75, 3.05) is 18.6 Å². The maximum Gasteiger partial charge on any atom is 0.331 e. The van der Waals surface area contributed by atoms with Gasteiger partial charge >= 0.3 is 5.97 Å². The number of fused-ring (bicyclic) bond motifs is 1. The summed E-state index contributed by atoms with van der Waals surface area (Å²) in [7, 11) is 1.93. The third kappa shape index (κ3) is 5.11. The molecule has 2 heterocycles. The zero-order valence-corrected chi connectivity index (χ0v) is 22.1. The van der Waals surface area contributed by atoms with Gasteiger partial charge in [0, 0.05) is 46.6 Å². The van der Waals surface area contributed by atoms with E-state index in [2.05, 4.69) is 25.0 Å². The van der Waals surface area contributed by atoms with Crippen molar-refractivity contribution < 1.29 is 14.3 Å². The average molecular weight is 524 g/mol. The minimum atomic E-state index is -0.640. The SMILES string of the molecule is Cc1nn(Cc2ccccc2Cl)c(Cl)c1/C=C/C(=O)OCC(=O)/C=C1/N(C)c2ccccc2C1(C)C.